The molecule has 2 rings (SSSR count). The molecule has 0 aliphatic heterocycles. The second kappa shape index (κ2) is 12.4. The van der Waals surface area contributed by atoms with E-state index in [1.807, 2.05) is 19.9 Å². The van der Waals surface area contributed by atoms with Gasteiger partial charge in [0.25, 0.3) is 5.91 Å². The Bertz CT molecular complexity index is 1010. The number of carbonyl (C=O) groups is 2. The van der Waals surface area contributed by atoms with Crippen molar-refractivity contribution in [1.29, 1.82) is 5.26 Å². The van der Waals surface area contributed by atoms with Crippen LogP contribution in [0.4, 0.5) is 0 Å². The molecule has 0 fully saturated rings. The van der Waals surface area contributed by atoms with E-state index in [4.69, 9.17) is 25.8 Å². The number of amides is 1. The maximum absolute atomic E-state index is 12.2. The summed E-state index contributed by atoms with van der Waals surface area (Å²) in [5.41, 5.74) is 0.527. The molecule has 0 radical (unpaired) electrons. The van der Waals surface area contributed by atoms with Crippen molar-refractivity contribution >= 4 is 29.6 Å². The summed E-state index contributed by atoms with van der Waals surface area (Å²) in [6.45, 7) is 3.97. The summed E-state index contributed by atoms with van der Waals surface area (Å²) in [5, 5.41) is 12.6. The molecule has 2 aromatic carbocycles. The van der Waals surface area contributed by atoms with Gasteiger partial charge in [0.2, 0.25) is 0 Å². The molecule has 0 saturated carbocycles. The molecule has 1 N–H and O–H groups in total. The van der Waals surface area contributed by atoms with Crippen molar-refractivity contribution < 1.29 is 23.8 Å². The van der Waals surface area contributed by atoms with Crippen LogP contribution in [-0.2, 0) is 9.59 Å². The number of nitriles is 1. The van der Waals surface area contributed by atoms with Gasteiger partial charge in [0, 0.05) is 17.5 Å². The fraction of sp³-hybridized carbons (Fsp3) is 0.292. The summed E-state index contributed by atoms with van der Waals surface area (Å²) < 4.78 is 16.2. The minimum absolute atomic E-state index is 0.0359. The minimum Gasteiger partial charge on any atom is -0.494 e. The molecule has 0 spiro atoms. The van der Waals surface area contributed by atoms with Gasteiger partial charge in [-0.2, -0.15) is 5.26 Å². The summed E-state index contributed by atoms with van der Waals surface area (Å²) in [4.78, 5) is 24.2. The van der Waals surface area contributed by atoms with Crippen LogP contribution in [0.15, 0.2) is 48.0 Å². The number of nitrogens with one attached hydrogen (secondary N) is 1. The zero-order valence-electron chi connectivity index (χ0n) is 18.2. The highest BCUT2D eigenvalue weighted by Gasteiger charge is 2.13. The van der Waals surface area contributed by atoms with Crippen LogP contribution in [0.1, 0.15) is 32.3 Å². The molecular weight excluding hydrogens is 432 g/mol. The van der Waals surface area contributed by atoms with Gasteiger partial charge in [-0.1, -0.05) is 17.7 Å². The number of esters is 1. The Hall–Kier alpha value is -3.50. The van der Waals surface area contributed by atoms with Crippen molar-refractivity contribution in [3.05, 3.63) is 58.6 Å². The summed E-state index contributed by atoms with van der Waals surface area (Å²) >= 11 is 5.83. The highest BCUT2D eigenvalue weighted by atomic mass is 35.5. The summed E-state index contributed by atoms with van der Waals surface area (Å²) in [7, 11) is 1.44. The Labute approximate surface area is 192 Å². The average Bonchev–Trinajstić information content (AvgIpc) is 2.76. The standard InChI is InChI=1S/C24H25ClN2O5/c1-16(2)27-24(29)18(15-26)13-17-6-11-21(22(14-17)30-3)32-23(28)5-4-12-31-20-9-7-19(25)8-10-20/h6-11,13-14,16H,4-5,12H2,1-3H3,(H,27,29). The molecular formula is C24H25ClN2O5. The fourth-order valence-electron chi connectivity index (χ4n) is 2.62. The normalized spacial score (nSPS) is 10.9. The van der Waals surface area contributed by atoms with Gasteiger partial charge in [0.1, 0.15) is 17.4 Å². The highest BCUT2D eigenvalue weighted by molar-refractivity contribution is 6.30. The van der Waals surface area contributed by atoms with E-state index in [1.165, 1.54) is 13.2 Å². The summed E-state index contributed by atoms with van der Waals surface area (Å²) in [5.74, 6) is 0.342. The Morgan fingerprint density at radius 1 is 1.16 bits per heavy atom. The number of rotatable bonds is 10. The number of hydrogen-bond donors (Lipinski definition) is 1. The van der Waals surface area contributed by atoms with E-state index < -0.39 is 11.9 Å². The molecule has 0 heterocycles. The minimum atomic E-state index is -0.460. The van der Waals surface area contributed by atoms with E-state index in [9.17, 15) is 14.9 Å². The predicted octanol–water partition coefficient (Wildman–Crippen LogP) is 4.54. The van der Waals surface area contributed by atoms with Gasteiger partial charge in [0.15, 0.2) is 11.5 Å². The number of nitrogens with zero attached hydrogens (tertiary/aromatic N) is 1. The highest BCUT2D eigenvalue weighted by Crippen LogP contribution is 2.29. The first-order chi connectivity index (χ1) is 15.3. The first kappa shape index (κ1) is 24.8. The topological polar surface area (TPSA) is 97.6 Å². The van der Waals surface area contributed by atoms with Crippen molar-refractivity contribution in [3.63, 3.8) is 0 Å². The number of carbonyl (C=O) groups excluding carboxylic acids is 2. The van der Waals surface area contributed by atoms with Gasteiger partial charge < -0.3 is 19.5 Å². The van der Waals surface area contributed by atoms with Crippen molar-refractivity contribution in [2.24, 2.45) is 0 Å². The van der Waals surface area contributed by atoms with Crippen LogP contribution < -0.4 is 19.5 Å². The number of ether oxygens (including phenoxy) is 3. The molecule has 0 aromatic heterocycles. The van der Waals surface area contributed by atoms with Crippen LogP contribution in [0.25, 0.3) is 6.08 Å². The summed E-state index contributed by atoms with van der Waals surface area (Å²) in [6.07, 6.45) is 2.08. The van der Waals surface area contributed by atoms with Gasteiger partial charge in [-0.25, -0.2) is 0 Å². The van der Waals surface area contributed by atoms with Gasteiger partial charge >= 0.3 is 5.97 Å². The maximum Gasteiger partial charge on any atom is 0.311 e. The molecule has 8 heteroatoms. The Balaban J connectivity index is 1.94. The molecule has 2 aromatic rings. The lowest BCUT2D eigenvalue weighted by molar-refractivity contribution is -0.134. The SMILES string of the molecule is COc1cc(C=C(C#N)C(=O)NC(C)C)ccc1OC(=O)CCCOc1ccc(Cl)cc1. The molecule has 0 aliphatic rings. The monoisotopic (exact) mass is 456 g/mol. The zero-order chi connectivity index (χ0) is 23.5. The average molecular weight is 457 g/mol. The third-order valence-corrected chi connectivity index (χ3v) is 4.37. The Morgan fingerprint density at radius 3 is 2.50 bits per heavy atom. The molecule has 32 heavy (non-hydrogen) atoms. The van der Waals surface area contributed by atoms with Crippen LogP contribution in [-0.4, -0.2) is 31.6 Å². The molecule has 0 unspecified atom stereocenters. The van der Waals surface area contributed by atoms with E-state index in [-0.39, 0.29) is 23.8 Å². The molecule has 0 aliphatic carbocycles. The predicted molar refractivity (Wildman–Crippen MR) is 122 cm³/mol. The Kier molecular flexibility index (Phi) is 9.58. The van der Waals surface area contributed by atoms with Gasteiger partial charge in [-0.3, -0.25) is 9.59 Å². The van der Waals surface area contributed by atoms with Crippen molar-refractivity contribution in [3.8, 4) is 23.3 Å². The second-order valence-electron chi connectivity index (χ2n) is 7.09. The zero-order valence-corrected chi connectivity index (χ0v) is 18.9. The van der Waals surface area contributed by atoms with Gasteiger partial charge in [-0.05, 0) is 68.3 Å². The molecule has 0 atom stereocenters. The lowest BCUT2D eigenvalue weighted by Crippen LogP contribution is -2.30. The number of methoxy groups -OCH3 is 1. The lowest BCUT2D eigenvalue weighted by atomic mass is 10.1. The first-order valence-electron chi connectivity index (χ1n) is 10.0. The Morgan fingerprint density at radius 2 is 1.88 bits per heavy atom. The number of hydrogen-bond acceptors (Lipinski definition) is 6. The van der Waals surface area contributed by atoms with E-state index in [0.717, 1.165) is 0 Å². The third-order valence-electron chi connectivity index (χ3n) is 4.11. The smallest absolute Gasteiger partial charge is 0.311 e. The number of halogens is 1. The largest absolute Gasteiger partial charge is 0.494 e. The lowest BCUT2D eigenvalue weighted by Gasteiger charge is -2.11. The molecule has 0 saturated heterocycles. The number of benzene rings is 2. The van der Waals surface area contributed by atoms with E-state index >= 15 is 0 Å². The first-order valence-corrected chi connectivity index (χ1v) is 10.4. The molecule has 7 nitrogen and oxygen atoms in total. The van der Waals surface area contributed by atoms with Crippen molar-refractivity contribution in [2.45, 2.75) is 32.7 Å². The molecule has 168 valence electrons. The molecule has 1 amide bonds. The van der Waals surface area contributed by atoms with E-state index in [1.54, 1.807) is 42.5 Å². The van der Waals surface area contributed by atoms with Crippen LogP contribution in [0.3, 0.4) is 0 Å². The van der Waals surface area contributed by atoms with E-state index in [0.29, 0.717) is 35.1 Å². The summed E-state index contributed by atoms with van der Waals surface area (Å²) in [6, 6.07) is 13.5. The third kappa shape index (κ3) is 7.97. The van der Waals surface area contributed by atoms with Gasteiger partial charge in [-0.15, -0.1) is 0 Å². The van der Waals surface area contributed by atoms with Crippen LogP contribution in [0.5, 0.6) is 17.2 Å². The van der Waals surface area contributed by atoms with Crippen LogP contribution >= 0.6 is 11.6 Å². The van der Waals surface area contributed by atoms with Crippen molar-refractivity contribution in [1.82, 2.24) is 5.32 Å². The van der Waals surface area contributed by atoms with Crippen molar-refractivity contribution in [2.75, 3.05) is 13.7 Å². The second-order valence-corrected chi connectivity index (χ2v) is 7.52. The fourth-order valence-corrected chi connectivity index (χ4v) is 2.75. The van der Waals surface area contributed by atoms with Crippen LogP contribution in [0.2, 0.25) is 5.02 Å². The van der Waals surface area contributed by atoms with Gasteiger partial charge in [0.05, 0.1) is 13.7 Å². The van der Waals surface area contributed by atoms with E-state index in [2.05, 4.69) is 5.32 Å². The maximum atomic E-state index is 12.2. The van der Waals surface area contributed by atoms with Crippen LogP contribution in [0, 0.1) is 11.3 Å². The quantitative estimate of drug-likeness (QED) is 0.185. The molecule has 0 bridgehead atoms.